The number of pyridine rings is 1. The van der Waals surface area contributed by atoms with Crippen molar-refractivity contribution in [2.75, 3.05) is 0 Å². The zero-order chi connectivity index (χ0) is 14.7. The molecule has 1 aromatic carbocycles. The summed E-state index contributed by atoms with van der Waals surface area (Å²) in [5.41, 5.74) is 2.13. The molecule has 0 radical (unpaired) electrons. The fourth-order valence-electron chi connectivity index (χ4n) is 1.87. The van der Waals surface area contributed by atoms with Crippen LogP contribution in [0.1, 0.15) is 11.1 Å². The van der Waals surface area contributed by atoms with Gasteiger partial charge in [0.05, 0.1) is 18.2 Å². The van der Waals surface area contributed by atoms with Crippen LogP contribution in [0.5, 0.6) is 0 Å². The first-order chi connectivity index (χ1) is 10.3. The SMILES string of the molecule is N#Cc1ccc(Cn2nc(-c3ccncc3)oc2=O)cc1. The van der Waals surface area contributed by atoms with Crippen LogP contribution >= 0.6 is 0 Å². The van der Waals surface area contributed by atoms with Crippen molar-refractivity contribution < 1.29 is 4.42 Å². The lowest BCUT2D eigenvalue weighted by atomic mass is 10.1. The summed E-state index contributed by atoms with van der Waals surface area (Å²) in [5.74, 6) is -0.262. The van der Waals surface area contributed by atoms with Crippen molar-refractivity contribution in [1.82, 2.24) is 14.8 Å². The molecule has 0 N–H and O–H groups in total. The quantitative estimate of drug-likeness (QED) is 0.729. The van der Waals surface area contributed by atoms with Crippen molar-refractivity contribution in [3.63, 3.8) is 0 Å². The van der Waals surface area contributed by atoms with Crippen LogP contribution in [0, 0.1) is 11.3 Å². The Kier molecular flexibility index (Phi) is 3.31. The standard InChI is InChI=1S/C15H10N4O2/c16-9-11-1-3-12(4-2-11)10-19-15(20)21-14(18-19)13-5-7-17-8-6-13/h1-8H,10H2. The molecule has 0 atom stereocenters. The van der Waals surface area contributed by atoms with Crippen LogP contribution in [0.4, 0.5) is 0 Å². The second kappa shape index (κ2) is 5.43. The lowest BCUT2D eigenvalue weighted by Crippen LogP contribution is -2.16. The number of rotatable bonds is 3. The van der Waals surface area contributed by atoms with Crippen molar-refractivity contribution in [2.24, 2.45) is 0 Å². The van der Waals surface area contributed by atoms with E-state index >= 15 is 0 Å². The third-order valence-corrected chi connectivity index (χ3v) is 2.95. The fourth-order valence-corrected chi connectivity index (χ4v) is 1.87. The van der Waals surface area contributed by atoms with Crippen molar-refractivity contribution >= 4 is 0 Å². The topological polar surface area (TPSA) is 84.7 Å². The van der Waals surface area contributed by atoms with Gasteiger partial charge in [0.25, 0.3) is 0 Å². The maximum absolute atomic E-state index is 11.8. The molecule has 0 aliphatic carbocycles. The van der Waals surface area contributed by atoms with Crippen LogP contribution in [-0.2, 0) is 6.54 Å². The van der Waals surface area contributed by atoms with Gasteiger partial charge < -0.3 is 4.42 Å². The van der Waals surface area contributed by atoms with E-state index in [0.29, 0.717) is 17.7 Å². The summed E-state index contributed by atoms with van der Waals surface area (Å²) < 4.78 is 6.38. The molecule has 0 saturated carbocycles. The number of hydrogen-bond donors (Lipinski definition) is 0. The number of hydrogen-bond acceptors (Lipinski definition) is 5. The molecule has 0 aliphatic heterocycles. The molecule has 3 aromatic rings. The summed E-state index contributed by atoms with van der Waals surface area (Å²) in [5, 5.41) is 12.9. The van der Waals surface area contributed by atoms with E-state index in [4.69, 9.17) is 9.68 Å². The largest absolute Gasteiger partial charge is 0.437 e. The molecule has 0 spiro atoms. The van der Waals surface area contributed by atoms with Gasteiger partial charge in [0, 0.05) is 18.0 Å². The lowest BCUT2D eigenvalue weighted by molar-refractivity contribution is 0.495. The number of nitriles is 1. The Labute approximate surface area is 119 Å². The molecule has 21 heavy (non-hydrogen) atoms. The maximum atomic E-state index is 11.8. The molecule has 3 rings (SSSR count). The highest BCUT2D eigenvalue weighted by Crippen LogP contribution is 2.13. The Bertz CT molecular complexity index is 842. The summed E-state index contributed by atoms with van der Waals surface area (Å²) >= 11 is 0. The van der Waals surface area contributed by atoms with Gasteiger partial charge in [0.2, 0.25) is 5.89 Å². The highest BCUT2D eigenvalue weighted by atomic mass is 16.4. The van der Waals surface area contributed by atoms with E-state index in [1.165, 1.54) is 4.68 Å². The summed E-state index contributed by atoms with van der Waals surface area (Å²) in [6.45, 7) is 0.291. The van der Waals surface area contributed by atoms with Gasteiger partial charge in [-0.2, -0.15) is 9.94 Å². The van der Waals surface area contributed by atoms with Gasteiger partial charge in [-0.15, -0.1) is 5.10 Å². The van der Waals surface area contributed by atoms with E-state index in [2.05, 4.69) is 10.1 Å². The minimum atomic E-state index is -0.522. The minimum absolute atomic E-state index is 0.260. The lowest BCUT2D eigenvalue weighted by Gasteiger charge is -1.99. The predicted octanol–water partition coefficient (Wildman–Crippen LogP) is 1.82. The fraction of sp³-hybridized carbons (Fsp3) is 0.0667. The zero-order valence-corrected chi connectivity index (χ0v) is 10.9. The number of nitrogens with zero attached hydrogens (tertiary/aromatic N) is 4. The van der Waals surface area contributed by atoms with E-state index < -0.39 is 5.76 Å². The van der Waals surface area contributed by atoms with E-state index in [1.54, 1.807) is 48.8 Å². The number of aromatic nitrogens is 3. The molecule has 0 fully saturated rings. The zero-order valence-electron chi connectivity index (χ0n) is 10.9. The Morgan fingerprint density at radius 3 is 2.52 bits per heavy atom. The van der Waals surface area contributed by atoms with Gasteiger partial charge in [0.15, 0.2) is 0 Å². The van der Waals surface area contributed by atoms with E-state index in [-0.39, 0.29) is 5.89 Å². The van der Waals surface area contributed by atoms with Gasteiger partial charge in [-0.05, 0) is 29.8 Å². The van der Waals surface area contributed by atoms with Crippen LogP contribution < -0.4 is 5.76 Å². The van der Waals surface area contributed by atoms with Crippen molar-refractivity contribution in [1.29, 1.82) is 5.26 Å². The highest BCUT2D eigenvalue weighted by Gasteiger charge is 2.10. The van der Waals surface area contributed by atoms with Crippen LogP contribution in [0.25, 0.3) is 11.5 Å². The first kappa shape index (κ1) is 12.8. The van der Waals surface area contributed by atoms with Gasteiger partial charge >= 0.3 is 5.76 Å². The smallest absolute Gasteiger partial charge is 0.388 e. The second-order valence-electron chi connectivity index (χ2n) is 4.38. The Hall–Kier alpha value is -3.20. The normalized spacial score (nSPS) is 10.2. The van der Waals surface area contributed by atoms with Crippen molar-refractivity contribution in [3.05, 3.63) is 70.5 Å². The Morgan fingerprint density at radius 2 is 1.86 bits per heavy atom. The molecule has 0 unspecified atom stereocenters. The molecule has 6 nitrogen and oxygen atoms in total. The van der Waals surface area contributed by atoms with E-state index in [0.717, 1.165) is 5.56 Å². The van der Waals surface area contributed by atoms with Gasteiger partial charge in [-0.25, -0.2) is 4.79 Å². The first-order valence-electron chi connectivity index (χ1n) is 6.23. The molecule has 2 heterocycles. The average Bonchev–Trinajstić information content (AvgIpc) is 2.90. The summed E-state index contributed by atoms with van der Waals surface area (Å²) in [6.07, 6.45) is 3.21. The maximum Gasteiger partial charge on any atom is 0.437 e. The summed E-state index contributed by atoms with van der Waals surface area (Å²) in [7, 11) is 0. The van der Waals surface area contributed by atoms with Gasteiger partial charge in [0.1, 0.15) is 0 Å². The highest BCUT2D eigenvalue weighted by molar-refractivity contribution is 5.50. The Balaban J connectivity index is 1.88. The molecule has 0 saturated heterocycles. The average molecular weight is 278 g/mol. The molecule has 2 aromatic heterocycles. The number of benzene rings is 1. The van der Waals surface area contributed by atoms with Gasteiger partial charge in [-0.3, -0.25) is 4.98 Å². The minimum Gasteiger partial charge on any atom is -0.388 e. The molecular formula is C15H10N4O2. The predicted molar refractivity (Wildman–Crippen MR) is 74.3 cm³/mol. The Morgan fingerprint density at radius 1 is 1.14 bits per heavy atom. The second-order valence-corrected chi connectivity index (χ2v) is 4.38. The van der Waals surface area contributed by atoms with Crippen molar-refractivity contribution in [2.45, 2.75) is 6.54 Å². The molecule has 0 amide bonds. The van der Waals surface area contributed by atoms with Crippen LogP contribution in [0.3, 0.4) is 0 Å². The third kappa shape index (κ3) is 2.72. The molecule has 0 bridgehead atoms. The van der Waals surface area contributed by atoms with Crippen LogP contribution in [0.15, 0.2) is 58.0 Å². The molecular weight excluding hydrogens is 268 g/mol. The van der Waals surface area contributed by atoms with E-state index in [9.17, 15) is 4.79 Å². The monoisotopic (exact) mass is 278 g/mol. The third-order valence-electron chi connectivity index (χ3n) is 2.95. The van der Waals surface area contributed by atoms with Crippen molar-refractivity contribution in [3.8, 4) is 17.5 Å². The molecule has 102 valence electrons. The van der Waals surface area contributed by atoms with Crippen LogP contribution in [0.2, 0.25) is 0 Å². The summed E-state index contributed by atoms with van der Waals surface area (Å²) in [4.78, 5) is 15.7. The van der Waals surface area contributed by atoms with Crippen LogP contribution in [-0.4, -0.2) is 14.8 Å². The molecule has 0 aliphatic rings. The molecule has 6 heteroatoms. The summed E-state index contributed by atoms with van der Waals surface area (Å²) in [6, 6.07) is 12.4. The first-order valence-corrected chi connectivity index (χ1v) is 6.23. The van der Waals surface area contributed by atoms with Gasteiger partial charge in [-0.1, -0.05) is 12.1 Å². The van der Waals surface area contributed by atoms with E-state index in [1.807, 2.05) is 6.07 Å².